The van der Waals surface area contributed by atoms with Crippen LogP contribution in [0.3, 0.4) is 0 Å². The molecule has 0 aromatic heterocycles. The third-order valence-electron chi connectivity index (χ3n) is 2.50. The van der Waals surface area contributed by atoms with E-state index in [2.05, 4.69) is 4.40 Å². The van der Waals surface area contributed by atoms with Gasteiger partial charge in [-0.3, -0.25) is 0 Å². The predicted octanol–water partition coefficient (Wildman–Crippen LogP) is 4.61. The van der Waals surface area contributed by atoms with Crippen LogP contribution in [-0.4, -0.2) is 15.5 Å². The molecule has 1 aromatic rings. The first-order valence-corrected chi connectivity index (χ1v) is 7.08. The summed E-state index contributed by atoms with van der Waals surface area (Å²) >= 11 is -1.88. The second-order valence-electron chi connectivity index (χ2n) is 5.39. The van der Waals surface area contributed by atoms with Gasteiger partial charge in [-0.2, -0.15) is 26.3 Å². The van der Waals surface area contributed by atoms with E-state index in [1.165, 1.54) is 20.8 Å². The van der Waals surface area contributed by atoms with Gasteiger partial charge < -0.3 is 4.55 Å². The SMILES string of the molecule is CC(C)(C)[S+]([O-])N=Cc1cc(C(F)(F)F)ccc1C(F)(F)F. The van der Waals surface area contributed by atoms with Crippen molar-refractivity contribution in [2.24, 2.45) is 4.40 Å². The molecule has 0 fully saturated rings. The zero-order valence-corrected chi connectivity index (χ0v) is 12.7. The fourth-order valence-electron chi connectivity index (χ4n) is 1.37. The number of hydrogen-bond acceptors (Lipinski definition) is 2. The third kappa shape index (κ3) is 4.91. The zero-order chi connectivity index (χ0) is 17.3. The van der Waals surface area contributed by atoms with Crippen molar-refractivity contribution in [3.05, 3.63) is 34.9 Å². The molecule has 22 heavy (non-hydrogen) atoms. The molecule has 1 atom stereocenters. The molecular formula is C13H13F6NOS. The fourth-order valence-corrected chi connectivity index (χ4v) is 1.89. The smallest absolute Gasteiger partial charge is 0.417 e. The van der Waals surface area contributed by atoms with Gasteiger partial charge >= 0.3 is 12.4 Å². The van der Waals surface area contributed by atoms with Crippen LogP contribution in [0.5, 0.6) is 0 Å². The third-order valence-corrected chi connectivity index (χ3v) is 3.84. The Balaban J connectivity index is 3.33. The predicted molar refractivity (Wildman–Crippen MR) is 71.9 cm³/mol. The van der Waals surface area contributed by atoms with E-state index in [1.807, 2.05) is 0 Å². The van der Waals surface area contributed by atoms with Gasteiger partial charge in [0.05, 0.1) is 17.3 Å². The number of nitrogens with zero attached hydrogens (tertiary/aromatic N) is 1. The van der Waals surface area contributed by atoms with Gasteiger partial charge in [0.1, 0.15) is 16.1 Å². The van der Waals surface area contributed by atoms with E-state index >= 15 is 0 Å². The minimum absolute atomic E-state index is 0.337. The summed E-state index contributed by atoms with van der Waals surface area (Å²) in [5, 5.41) is 0. The highest BCUT2D eigenvalue weighted by Gasteiger charge is 2.37. The van der Waals surface area contributed by atoms with Crippen LogP contribution in [0.25, 0.3) is 0 Å². The van der Waals surface area contributed by atoms with Gasteiger partial charge in [-0.1, -0.05) is 4.40 Å². The molecule has 0 amide bonds. The lowest BCUT2D eigenvalue weighted by atomic mass is 10.0. The van der Waals surface area contributed by atoms with Gasteiger partial charge in [0.2, 0.25) is 0 Å². The molecule has 1 rings (SSSR count). The van der Waals surface area contributed by atoms with Crippen LogP contribution in [0.15, 0.2) is 22.6 Å². The molecular weight excluding hydrogens is 332 g/mol. The van der Waals surface area contributed by atoms with E-state index in [-0.39, 0.29) is 0 Å². The molecule has 0 aliphatic carbocycles. The van der Waals surface area contributed by atoms with E-state index in [9.17, 15) is 30.9 Å². The van der Waals surface area contributed by atoms with Crippen molar-refractivity contribution in [2.45, 2.75) is 37.9 Å². The molecule has 0 aliphatic heterocycles. The van der Waals surface area contributed by atoms with E-state index in [0.29, 0.717) is 24.4 Å². The lowest BCUT2D eigenvalue weighted by Crippen LogP contribution is -2.26. The number of alkyl halides is 6. The quantitative estimate of drug-likeness (QED) is 0.438. The van der Waals surface area contributed by atoms with Crippen LogP contribution in [0.4, 0.5) is 26.3 Å². The highest BCUT2D eigenvalue weighted by Crippen LogP contribution is 2.36. The minimum Gasteiger partial charge on any atom is -0.591 e. The maximum Gasteiger partial charge on any atom is 0.417 e. The second-order valence-corrected chi connectivity index (χ2v) is 7.33. The van der Waals surface area contributed by atoms with Crippen molar-refractivity contribution in [3.63, 3.8) is 0 Å². The van der Waals surface area contributed by atoms with Crippen molar-refractivity contribution in [3.8, 4) is 0 Å². The number of benzene rings is 1. The molecule has 0 radical (unpaired) electrons. The summed E-state index contributed by atoms with van der Waals surface area (Å²) in [5.74, 6) is 0. The highest BCUT2D eigenvalue weighted by molar-refractivity contribution is 7.91. The van der Waals surface area contributed by atoms with Gasteiger partial charge in [-0.05, 0) is 39.0 Å². The first kappa shape index (κ1) is 18.8. The van der Waals surface area contributed by atoms with E-state index < -0.39 is 45.2 Å². The number of rotatable bonds is 2. The average molecular weight is 345 g/mol. The lowest BCUT2D eigenvalue weighted by Gasteiger charge is -2.18. The number of halogens is 6. The zero-order valence-electron chi connectivity index (χ0n) is 11.8. The van der Waals surface area contributed by atoms with E-state index in [4.69, 9.17) is 0 Å². The van der Waals surface area contributed by atoms with Crippen molar-refractivity contribution >= 4 is 17.6 Å². The monoisotopic (exact) mass is 345 g/mol. The molecule has 0 aliphatic rings. The summed E-state index contributed by atoms with van der Waals surface area (Å²) in [4.78, 5) is 0. The molecule has 0 saturated carbocycles. The standard InChI is InChI=1S/C13H13F6NOS/c1-11(2,3)22(21)20-7-8-6-9(12(14,15)16)4-5-10(8)13(17,18)19/h4-7H,1-3H3. The molecule has 1 unspecified atom stereocenters. The first-order valence-electron chi connectivity index (χ1n) is 5.97. The number of hydrogen-bond donors (Lipinski definition) is 0. The summed E-state index contributed by atoms with van der Waals surface area (Å²) < 4.78 is 90.5. The molecule has 0 bridgehead atoms. The van der Waals surface area contributed by atoms with Crippen LogP contribution in [0.1, 0.15) is 37.5 Å². The Bertz CT molecular complexity index is 559. The summed E-state index contributed by atoms with van der Waals surface area (Å²) in [7, 11) is 0. The normalized spacial score (nSPS) is 15.4. The van der Waals surface area contributed by atoms with Crippen LogP contribution in [-0.2, 0) is 23.7 Å². The van der Waals surface area contributed by atoms with Gasteiger partial charge in [0.25, 0.3) is 0 Å². The summed E-state index contributed by atoms with van der Waals surface area (Å²) in [6.07, 6.45) is -9.05. The topological polar surface area (TPSA) is 35.4 Å². The Hall–Kier alpha value is -1.22. The maximum atomic E-state index is 12.8. The van der Waals surface area contributed by atoms with Crippen molar-refractivity contribution in [2.75, 3.05) is 0 Å². The maximum absolute atomic E-state index is 12.8. The van der Waals surface area contributed by atoms with Crippen molar-refractivity contribution in [1.29, 1.82) is 0 Å². The lowest BCUT2D eigenvalue weighted by molar-refractivity contribution is -0.141. The average Bonchev–Trinajstić information content (AvgIpc) is 2.32. The molecule has 0 heterocycles. The first-order chi connectivity index (χ1) is 9.73. The molecule has 2 nitrogen and oxygen atoms in total. The van der Waals surface area contributed by atoms with Crippen LogP contribution in [0, 0.1) is 0 Å². The highest BCUT2D eigenvalue weighted by atomic mass is 32.2. The Morgan fingerprint density at radius 3 is 1.95 bits per heavy atom. The van der Waals surface area contributed by atoms with Gasteiger partial charge in [0, 0.05) is 5.56 Å². The van der Waals surface area contributed by atoms with Gasteiger partial charge in [-0.25, -0.2) is 0 Å². The molecule has 0 spiro atoms. The van der Waals surface area contributed by atoms with Gasteiger partial charge in [-0.15, -0.1) is 0 Å². The molecule has 9 heteroatoms. The summed E-state index contributed by atoms with van der Waals surface area (Å²) in [6.45, 7) is 4.62. The molecule has 0 saturated heterocycles. The molecule has 1 aromatic carbocycles. The Morgan fingerprint density at radius 1 is 1.00 bits per heavy atom. The summed E-state index contributed by atoms with van der Waals surface area (Å²) in [6, 6.07) is 1.03. The van der Waals surface area contributed by atoms with Gasteiger partial charge in [0.15, 0.2) is 0 Å². The Morgan fingerprint density at radius 2 is 1.55 bits per heavy atom. The Labute approximate surface area is 126 Å². The van der Waals surface area contributed by atoms with E-state index in [0.717, 1.165) is 0 Å². The largest absolute Gasteiger partial charge is 0.591 e. The second kappa shape index (κ2) is 6.11. The van der Waals surface area contributed by atoms with Crippen LogP contribution in [0.2, 0.25) is 0 Å². The fraction of sp³-hybridized carbons (Fsp3) is 0.462. The van der Waals surface area contributed by atoms with Crippen LogP contribution < -0.4 is 0 Å². The van der Waals surface area contributed by atoms with Crippen molar-refractivity contribution in [1.82, 2.24) is 0 Å². The van der Waals surface area contributed by atoms with E-state index in [1.54, 1.807) is 0 Å². The molecule has 124 valence electrons. The Kier molecular flexibility index (Phi) is 5.23. The molecule has 0 N–H and O–H groups in total. The minimum atomic E-state index is -4.84. The summed E-state index contributed by atoms with van der Waals surface area (Å²) in [5.41, 5.74) is -3.28. The van der Waals surface area contributed by atoms with Crippen molar-refractivity contribution < 1.29 is 30.9 Å². The van der Waals surface area contributed by atoms with Crippen LogP contribution >= 0.6 is 0 Å².